The van der Waals surface area contributed by atoms with Crippen molar-refractivity contribution in [3.05, 3.63) is 64.1 Å². The molecule has 0 fully saturated rings. The normalized spacial score (nSPS) is 16.5. The van der Waals surface area contributed by atoms with Crippen molar-refractivity contribution in [2.75, 3.05) is 11.4 Å². The molecule has 108 valence electrons. The van der Waals surface area contributed by atoms with Crippen molar-refractivity contribution in [3.8, 4) is 0 Å². The number of benzene rings is 2. The van der Waals surface area contributed by atoms with Crippen LogP contribution in [0.15, 0.2) is 53.0 Å². The average Bonchev–Trinajstić information content (AvgIpc) is 2.91. The van der Waals surface area contributed by atoms with Crippen molar-refractivity contribution in [2.24, 2.45) is 0 Å². The highest BCUT2D eigenvalue weighted by Gasteiger charge is 2.30. The first-order valence-electron chi connectivity index (χ1n) is 6.97. The van der Waals surface area contributed by atoms with Crippen LogP contribution in [-0.4, -0.2) is 17.6 Å². The number of rotatable bonds is 4. The molecule has 0 heterocycles. The molecule has 1 N–H and O–H groups in total. The van der Waals surface area contributed by atoms with Gasteiger partial charge in [-0.3, -0.25) is 4.79 Å². The van der Waals surface area contributed by atoms with Crippen molar-refractivity contribution < 1.29 is 9.90 Å². The number of carboxylic acids is 1. The molecule has 3 nitrogen and oxygen atoms in total. The Bertz CT molecular complexity index is 657. The molecule has 0 aromatic heterocycles. The lowest BCUT2D eigenvalue weighted by molar-refractivity contribution is -0.135. The lowest BCUT2D eigenvalue weighted by atomic mass is 10.1. The zero-order chi connectivity index (χ0) is 14.8. The van der Waals surface area contributed by atoms with Gasteiger partial charge in [0.15, 0.2) is 0 Å². The number of para-hydroxylation sites is 1. The minimum Gasteiger partial charge on any atom is -0.480 e. The Hall–Kier alpha value is -1.81. The molecule has 4 heteroatoms. The van der Waals surface area contributed by atoms with E-state index in [1.807, 2.05) is 47.4 Å². The van der Waals surface area contributed by atoms with E-state index < -0.39 is 5.97 Å². The fourth-order valence-corrected chi connectivity index (χ4v) is 3.64. The minimum absolute atomic E-state index is 0.0145. The quantitative estimate of drug-likeness (QED) is 0.909. The number of hydrogen-bond donors (Lipinski definition) is 1. The van der Waals surface area contributed by atoms with Gasteiger partial charge in [0.2, 0.25) is 0 Å². The van der Waals surface area contributed by atoms with E-state index in [0.29, 0.717) is 0 Å². The summed E-state index contributed by atoms with van der Waals surface area (Å²) in [6.07, 6.45) is 1.92. The third kappa shape index (κ3) is 2.81. The fourth-order valence-electron chi connectivity index (χ4n) is 3.06. The van der Waals surface area contributed by atoms with Crippen LogP contribution < -0.4 is 4.90 Å². The van der Waals surface area contributed by atoms with Gasteiger partial charge in [0.05, 0.1) is 6.04 Å². The van der Waals surface area contributed by atoms with Gasteiger partial charge in [-0.25, -0.2) is 0 Å². The van der Waals surface area contributed by atoms with E-state index in [1.165, 1.54) is 11.1 Å². The predicted molar refractivity (Wildman–Crippen MR) is 86.6 cm³/mol. The summed E-state index contributed by atoms with van der Waals surface area (Å²) in [7, 11) is 0. The number of fused-ring (bicyclic) bond motifs is 1. The first-order valence-corrected chi connectivity index (χ1v) is 7.77. The molecule has 3 rings (SSSR count). The van der Waals surface area contributed by atoms with Crippen molar-refractivity contribution in [2.45, 2.75) is 18.9 Å². The van der Waals surface area contributed by atoms with Gasteiger partial charge in [0.1, 0.15) is 6.54 Å². The van der Waals surface area contributed by atoms with Crippen molar-refractivity contribution in [1.29, 1.82) is 0 Å². The molecule has 0 saturated carbocycles. The Morgan fingerprint density at radius 3 is 2.67 bits per heavy atom. The van der Waals surface area contributed by atoms with Gasteiger partial charge < -0.3 is 10.0 Å². The molecule has 1 unspecified atom stereocenters. The molecule has 2 aromatic rings. The maximum atomic E-state index is 11.3. The number of nitrogens with zero attached hydrogens (tertiary/aromatic N) is 1. The summed E-state index contributed by atoms with van der Waals surface area (Å²) in [6.45, 7) is 0.0145. The third-order valence-corrected chi connectivity index (χ3v) is 4.69. The van der Waals surface area contributed by atoms with Crippen LogP contribution in [0.25, 0.3) is 0 Å². The van der Waals surface area contributed by atoms with Gasteiger partial charge in [-0.1, -0.05) is 46.3 Å². The van der Waals surface area contributed by atoms with Crippen LogP contribution in [0.1, 0.15) is 23.6 Å². The Morgan fingerprint density at radius 2 is 1.95 bits per heavy atom. The van der Waals surface area contributed by atoms with Crippen LogP contribution >= 0.6 is 15.9 Å². The number of carboxylic acid groups (broad SMARTS) is 1. The third-order valence-electron chi connectivity index (χ3n) is 3.95. The van der Waals surface area contributed by atoms with E-state index in [9.17, 15) is 9.90 Å². The first-order chi connectivity index (χ1) is 10.2. The van der Waals surface area contributed by atoms with E-state index in [4.69, 9.17) is 0 Å². The highest BCUT2D eigenvalue weighted by atomic mass is 79.9. The van der Waals surface area contributed by atoms with Crippen molar-refractivity contribution >= 4 is 27.6 Å². The van der Waals surface area contributed by atoms with Crippen LogP contribution in [0.4, 0.5) is 5.69 Å². The second-order valence-electron chi connectivity index (χ2n) is 5.22. The SMILES string of the molecule is O=C(O)CN(c1ccccc1)C1CCc2c(Br)cccc21. The van der Waals surface area contributed by atoms with E-state index in [-0.39, 0.29) is 12.6 Å². The van der Waals surface area contributed by atoms with Gasteiger partial charge in [-0.05, 0) is 42.2 Å². The number of halogens is 1. The molecular weight excluding hydrogens is 330 g/mol. The van der Waals surface area contributed by atoms with Crippen LogP contribution in [-0.2, 0) is 11.2 Å². The lowest BCUT2D eigenvalue weighted by Crippen LogP contribution is -2.32. The molecule has 2 aromatic carbocycles. The van der Waals surface area contributed by atoms with Crippen molar-refractivity contribution in [1.82, 2.24) is 0 Å². The molecule has 0 aliphatic heterocycles. The summed E-state index contributed by atoms with van der Waals surface area (Å²) in [6, 6.07) is 16.1. The Labute approximate surface area is 132 Å². The summed E-state index contributed by atoms with van der Waals surface area (Å²) in [5.74, 6) is -0.803. The molecular formula is C17H16BrNO2. The van der Waals surface area contributed by atoms with Crippen LogP contribution in [0.3, 0.4) is 0 Å². The fraction of sp³-hybridized carbons (Fsp3) is 0.235. The van der Waals surface area contributed by atoms with Gasteiger partial charge >= 0.3 is 5.97 Å². The molecule has 0 spiro atoms. The standard InChI is InChI=1S/C17H16BrNO2/c18-15-8-4-7-14-13(15)9-10-16(14)19(11-17(20)21)12-5-2-1-3-6-12/h1-8,16H,9-11H2,(H,20,21). The molecule has 0 saturated heterocycles. The molecule has 1 aliphatic rings. The summed E-state index contributed by atoms with van der Waals surface area (Å²) in [5, 5.41) is 9.26. The second kappa shape index (κ2) is 5.90. The molecule has 21 heavy (non-hydrogen) atoms. The van der Waals surface area contributed by atoms with Crippen molar-refractivity contribution in [3.63, 3.8) is 0 Å². The van der Waals surface area contributed by atoms with Gasteiger partial charge in [-0.2, -0.15) is 0 Å². The van der Waals surface area contributed by atoms with Crippen LogP contribution in [0, 0.1) is 0 Å². The topological polar surface area (TPSA) is 40.5 Å². The van der Waals surface area contributed by atoms with E-state index in [0.717, 1.165) is 23.0 Å². The number of hydrogen-bond acceptors (Lipinski definition) is 2. The molecule has 0 bridgehead atoms. The van der Waals surface area contributed by atoms with Crippen LogP contribution in [0.2, 0.25) is 0 Å². The lowest BCUT2D eigenvalue weighted by Gasteiger charge is -2.30. The largest absolute Gasteiger partial charge is 0.480 e. The van der Waals surface area contributed by atoms with Gasteiger partial charge in [-0.15, -0.1) is 0 Å². The van der Waals surface area contributed by atoms with E-state index in [1.54, 1.807) is 0 Å². The maximum Gasteiger partial charge on any atom is 0.323 e. The smallest absolute Gasteiger partial charge is 0.323 e. The van der Waals surface area contributed by atoms with E-state index >= 15 is 0 Å². The highest BCUT2D eigenvalue weighted by Crippen LogP contribution is 2.40. The summed E-state index contributed by atoms with van der Waals surface area (Å²) in [4.78, 5) is 13.3. The molecule has 0 amide bonds. The Kier molecular flexibility index (Phi) is 3.97. The number of carbonyl (C=O) groups is 1. The average molecular weight is 346 g/mol. The Balaban J connectivity index is 2.00. The maximum absolute atomic E-state index is 11.3. The molecule has 0 radical (unpaired) electrons. The summed E-state index contributed by atoms with van der Waals surface area (Å²) < 4.78 is 1.12. The Morgan fingerprint density at radius 1 is 1.19 bits per heavy atom. The second-order valence-corrected chi connectivity index (χ2v) is 6.07. The number of anilines is 1. The minimum atomic E-state index is -0.803. The summed E-state index contributed by atoms with van der Waals surface area (Å²) in [5.41, 5.74) is 3.49. The monoisotopic (exact) mass is 345 g/mol. The molecule has 1 atom stereocenters. The predicted octanol–water partition coefficient (Wildman–Crippen LogP) is 4.03. The molecule has 1 aliphatic carbocycles. The van der Waals surface area contributed by atoms with Crippen LogP contribution in [0.5, 0.6) is 0 Å². The van der Waals surface area contributed by atoms with Gasteiger partial charge in [0.25, 0.3) is 0 Å². The van der Waals surface area contributed by atoms with E-state index in [2.05, 4.69) is 22.0 Å². The summed E-state index contributed by atoms with van der Waals surface area (Å²) >= 11 is 3.60. The highest BCUT2D eigenvalue weighted by molar-refractivity contribution is 9.10. The van der Waals surface area contributed by atoms with Gasteiger partial charge in [0, 0.05) is 10.2 Å². The zero-order valence-corrected chi connectivity index (χ0v) is 13.1. The number of aliphatic carboxylic acids is 1. The first kappa shape index (κ1) is 14.1. The zero-order valence-electron chi connectivity index (χ0n) is 11.5.